The first-order valence-corrected chi connectivity index (χ1v) is 9.49. The molecule has 3 rings (SSSR count). The molecule has 0 saturated heterocycles. The Morgan fingerprint density at radius 2 is 1.65 bits per heavy atom. The van der Waals surface area contributed by atoms with Crippen LogP contribution in [0.5, 0.6) is 0 Å². The van der Waals surface area contributed by atoms with Crippen molar-refractivity contribution >= 4 is 0 Å². The third kappa shape index (κ3) is 3.78. The van der Waals surface area contributed by atoms with E-state index in [-0.39, 0.29) is 0 Å². The molecule has 0 aromatic rings. The molecule has 3 unspecified atom stereocenters. The van der Waals surface area contributed by atoms with E-state index < -0.39 is 0 Å². The van der Waals surface area contributed by atoms with Gasteiger partial charge in [-0.05, 0) is 74.7 Å². The molecule has 116 valence electrons. The van der Waals surface area contributed by atoms with E-state index in [9.17, 15) is 0 Å². The fraction of sp³-hybridized carbons (Fsp3) is 1.00. The molecule has 1 N–H and O–H groups in total. The molecule has 0 heterocycles. The van der Waals surface area contributed by atoms with Crippen molar-refractivity contribution in [1.82, 2.24) is 5.32 Å². The quantitative estimate of drug-likeness (QED) is 0.745. The molecular weight excluding hydrogens is 242 g/mol. The van der Waals surface area contributed by atoms with Gasteiger partial charge in [-0.2, -0.15) is 0 Å². The summed E-state index contributed by atoms with van der Waals surface area (Å²) in [5.74, 6) is 5.14. The largest absolute Gasteiger partial charge is 0.314 e. The maximum atomic E-state index is 3.83. The summed E-state index contributed by atoms with van der Waals surface area (Å²) in [6.07, 6.45) is 14.9. The Labute approximate surface area is 126 Å². The summed E-state index contributed by atoms with van der Waals surface area (Å²) in [6.45, 7) is 6.21. The van der Waals surface area contributed by atoms with Gasteiger partial charge in [0.1, 0.15) is 0 Å². The van der Waals surface area contributed by atoms with Gasteiger partial charge in [0.2, 0.25) is 0 Å². The Kier molecular flexibility index (Phi) is 5.07. The lowest BCUT2D eigenvalue weighted by Gasteiger charge is -2.42. The van der Waals surface area contributed by atoms with Crippen LogP contribution in [-0.4, -0.2) is 12.6 Å². The zero-order valence-electron chi connectivity index (χ0n) is 13.7. The number of rotatable bonds is 5. The van der Waals surface area contributed by atoms with Crippen LogP contribution in [0.3, 0.4) is 0 Å². The van der Waals surface area contributed by atoms with E-state index in [4.69, 9.17) is 0 Å². The van der Waals surface area contributed by atoms with Gasteiger partial charge in [-0.15, -0.1) is 0 Å². The third-order valence-corrected chi connectivity index (χ3v) is 6.63. The summed E-state index contributed by atoms with van der Waals surface area (Å²) in [4.78, 5) is 0. The van der Waals surface area contributed by atoms with Crippen LogP contribution >= 0.6 is 0 Å². The average molecular weight is 277 g/mol. The van der Waals surface area contributed by atoms with E-state index in [1.54, 1.807) is 0 Å². The Balaban J connectivity index is 1.54. The van der Waals surface area contributed by atoms with E-state index in [1.165, 1.54) is 70.8 Å². The SMILES string of the molecule is CCC1CCC(C2CC(C)CCC2CNC2CC2)CC1. The molecule has 1 nitrogen and oxygen atoms in total. The molecule has 3 fully saturated rings. The Morgan fingerprint density at radius 1 is 0.900 bits per heavy atom. The fourth-order valence-electron chi connectivity index (χ4n) is 4.95. The number of nitrogens with one attached hydrogen (secondary N) is 1. The van der Waals surface area contributed by atoms with Gasteiger partial charge in [-0.1, -0.05) is 39.5 Å². The summed E-state index contributed by atoms with van der Waals surface area (Å²) >= 11 is 0. The molecule has 3 aliphatic carbocycles. The molecule has 0 aromatic carbocycles. The van der Waals surface area contributed by atoms with Crippen molar-refractivity contribution in [3.05, 3.63) is 0 Å². The predicted molar refractivity (Wildman–Crippen MR) is 86.8 cm³/mol. The molecule has 0 aromatic heterocycles. The lowest BCUT2D eigenvalue weighted by molar-refractivity contribution is 0.0878. The number of hydrogen-bond donors (Lipinski definition) is 1. The molecule has 3 aliphatic rings. The van der Waals surface area contributed by atoms with Gasteiger partial charge >= 0.3 is 0 Å². The highest BCUT2D eigenvalue weighted by Crippen LogP contribution is 2.44. The highest BCUT2D eigenvalue weighted by molar-refractivity contribution is 4.89. The molecule has 0 radical (unpaired) electrons. The van der Waals surface area contributed by atoms with Crippen LogP contribution in [0.1, 0.15) is 78.1 Å². The summed E-state index contributed by atoms with van der Waals surface area (Å²) < 4.78 is 0. The zero-order valence-corrected chi connectivity index (χ0v) is 13.7. The lowest BCUT2D eigenvalue weighted by Crippen LogP contribution is -2.38. The molecule has 20 heavy (non-hydrogen) atoms. The monoisotopic (exact) mass is 277 g/mol. The first-order valence-electron chi connectivity index (χ1n) is 9.49. The fourth-order valence-corrected chi connectivity index (χ4v) is 4.95. The van der Waals surface area contributed by atoms with E-state index in [1.807, 2.05) is 0 Å². The topological polar surface area (TPSA) is 12.0 Å². The van der Waals surface area contributed by atoms with E-state index in [2.05, 4.69) is 19.2 Å². The highest BCUT2D eigenvalue weighted by Gasteiger charge is 2.36. The molecule has 0 spiro atoms. The zero-order chi connectivity index (χ0) is 13.9. The van der Waals surface area contributed by atoms with Crippen molar-refractivity contribution in [3.63, 3.8) is 0 Å². The highest BCUT2D eigenvalue weighted by atomic mass is 14.9. The normalized spacial score (nSPS) is 42.6. The minimum atomic E-state index is 0.894. The van der Waals surface area contributed by atoms with Gasteiger partial charge in [-0.25, -0.2) is 0 Å². The maximum Gasteiger partial charge on any atom is 0.00683 e. The van der Waals surface area contributed by atoms with Crippen LogP contribution in [0.4, 0.5) is 0 Å². The second-order valence-electron chi connectivity index (χ2n) is 8.21. The Morgan fingerprint density at radius 3 is 2.30 bits per heavy atom. The molecule has 3 saturated carbocycles. The summed E-state index contributed by atoms with van der Waals surface area (Å²) in [5, 5.41) is 3.83. The van der Waals surface area contributed by atoms with E-state index in [0.29, 0.717) is 0 Å². The van der Waals surface area contributed by atoms with Crippen molar-refractivity contribution in [2.45, 2.75) is 84.1 Å². The van der Waals surface area contributed by atoms with Gasteiger partial charge < -0.3 is 5.32 Å². The molecule has 3 atom stereocenters. The first kappa shape index (κ1) is 14.9. The Bertz CT molecular complexity index is 288. The minimum Gasteiger partial charge on any atom is -0.314 e. The number of hydrogen-bond acceptors (Lipinski definition) is 1. The van der Waals surface area contributed by atoms with Gasteiger partial charge in [0.15, 0.2) is 0 Å². The average Bonchev–Trinajstić information content (AvgIpc) is 3.30. The first-order chi connectivity index (χ1) is 9.76. The van der Waals surface area contributed by atoms with E-state index in [0.717, 1.165) is 35.6 Å². The second kappa shape index (κ2) is 6.81. The van der Waals surface area contributed by atoms with Gasteiger partial charge in [0.05, 0.1) is 0 Å². The maximum absolute atomic E-state index is 3.83. The third-order valence-electron chi connectivity index (χ3n) is 6.63. The van der Waals surface area contributed by atoms with Crippen LogP contribution in [0.2, 0.25) is 0 Å². The smallest absolute Gasteiger partial charge is 0.00683 e. The van der Waals surface area contributed by atoms with Crippen molar-refractivity contribution in [2.75, 3.05) is 6.54 Å². The molecule has 0 amide bonds. The standard InChI is InChI=1S/C19H35N/c1-3-15-5-8-16(9-6-15)19-12-14(2)4-7-17(19)13-20-18-10-11-18/h14-20H,3-13H2,1-2H3. The molecule has 0 aliphatic heterocycles. The minimum absolute atomic E-state index is 0.894. The van der Waals surface area contributed by atoms with Crippen LogP contribution in [-0.2, 0) is 0 Å². The van der Waals surface area contributed by atoms with Crippen LogP contribution in [0, 0.1) is 29.6 Å². The molecule has 0 bridgehead atoms. The molecule has 1 heteroatoms. The summed E-state index contributed by atoms with van der Waals surface area (Å²) in [6, 6.07) is 0.894. The van der Waals surface area contributed by atoms with Gasteiger partial charge in [-0.3, -0.25) is 0 Å². The van der Waals surface area contributed by atoms with Crippen molar-refractivity contribution in [2.24, 2.45) is 29.6 Å². The van der Waals surface area contributed by atoms with Crippen molar-refractivity contribution < 1.29 is 0 Å². The summed E-state index contributed by atoms with van der Waals surface area (Å²) in [7, 11) is 0. The molecular formula is C19H35N. The van der Waals surface area contributed by atoms with Gasteiger partial charge in [0.25, 0.3) is 0 Å². The van der Waals surface area contributed by atoms with E-state index >= 15 is 0 Å². The lowest BCUT2D eigenvalue weighted by atomic mass is 9.64. The van der Waals surface area contributed by atoms with Gasteiger partial charge in [0, 0.05) is 6.04 Å². The van der Waals surface area contributed by atoms with Crippen LogP contribution < -0.4 is 5.32 Å². The van der Waals surface area contributed by atoms with Crippen molar-refractivity contribution in [1.29, 1.82) is 0 Å². The van der Waals surface area contributed by atoms with Crippen molar-refractivity contribution in [3.8, 4) is 0 Å². The van der Waals surface area contributed by atoms with Crippen LogP contribution in [0.15, 0.2) is 0 Å². The Hall–Kier alpha value is -0.0400. The van der Waals surface area contributed by atoms with Crippen LogP contribution in [0.25, 0.3) is 0 Å². The second-order valence-corrected chi connectivity index (χ2v) is 8.21. The summed E-state index contributed by atoms with van der Waals surface area (Å²) in [5.41, 5.74) is 0. The predicted octanol–water partition coefficient (Wildman–Crippen LogP) is 5.01.